The SMILES string of the molecule is O=C(O)CCC(C(=O)O)C(CNc1cccc(Cl)c1)[P+](=O)O. The molecule has 3 unspecified atom stereocenters. The smallest absolute Gasteiger partial charge is 0.481 e. The number of aliphatic carboxylic acids is 2. The van der Waals surface area contributed by atoms with Crippen molar-refractivity contribution in [2.75, 3.05) is 11.9 Å². The third-order valence-corrected chi connectivity index (χ3v) is 4.42. The lowest BCUT2D eigenvalue weighted by Gasteiger charge is -2.15. The first-order chi connectivity index (χ1) is 10.3. The van der Waals surface area contributed by atoms with Crippen molar-refractivity contribution in [1.82, 2.24) is 0 Å². The Morgan fingerprint density at radius 1 is 1.32 bits per heavy atom. The van der Waals surface area contributed by atoms with Crippen LogP contribution in [0.2, 0.25) is 5.02 Å². The zero-order chi connectivity index (χ0) is 16.7. The molecule has 1 rings (SSSR count). The van der Waals surface area contributed by atoms with E-state index in [2.05, 4.69) is 5.32 Å². The summed E-state index contributed by atoms with van der Waals surface area (Å²) >= 11 is 5.81. The monoisotopic (exact) mass is 348 g/mol. The topological polar surface area (TPSA) is 124 Å². The van der Waals surface area contributed by atoms with Gasteiger partial charge in [0.1, 0.15) is 5.92 Å². The molecule has 1 aromatic carbocycles. The summed E-state index contributed by atoms with van der Waals surface area (Å²) in [4.78, 5) is 31.2. The van der Waals surface area contributed by atoms with E-state index in [1.807, 2.05) is 0 Å². The van der Waals surface area contributed by atoms with E-state index < -0.39 is 31.5 Å². The van der Waals surface area contributed by atoms with Crippen molar-refractivity contribution in [3.63, 3.8) is 0 Å². The Bertz CT molecular complexity index is 567. The Labute approximate surface area is 132 Å². The fourth-order valence-electron chi connectivity index (χ4n) is 1.95. The maximum atomic E-state index is 11.4. The highest BCUT2D eigenvalue weighted by atomic mass is 35.5. The second-order valence-corrected chi connectivity index (χ2v) is 6.34. The molecular formula is C13H16ClNO6P+. The van der Waals surface area contributed by atoms with E-state index in [0.717, 1.165) is 0 Å². The Morgan fingerprint density at radius 3 is 2.50 bits per heavy atom. The number of carboxylic acid groups (broad SMARTS) is 2. The predicted molar refractivity (Wildman–Crippen MR) is 81.6 cm³/mol. The molecule has 0 aliphatic heterocycles. The van der Waals surface area contributed by atoms with Gasteiger partial charge in [-0.05, 0) is 29.2 Å². The quantitative estimate of drug-likeness (QED) is 0.505. The van der Waals surface area contributed by atoms with Gasteiger partial charge in [-0.25, -0.2) is 0 Å². The van der Waals surface area contributed by atoms with Gasteiger partial charge in [-0.1, -0.05) is 17.7 Å². The van der Waals surface area contributed by atoms with Crippen LogP contribution in [0.3, 0.4) is 0 Å². The van der Waals surface area contributed by atoms with Gasteiger partial charge in [0.25, 0.3) is 0 Å². The molecule has 9 heteroatoms. The minimum absolute atomic E-state index is 0.0807. The maximum absolute atomic E-state index is 11.4. The van der Waals surface area contributed by atoms with Crippen LogP contribution in [0.15, 0.2) is 24.3 Å². The summed E-state index contributed by atoms with van der Waals surface area (Å²) in [6.07, 6.45) is -0.595. The molecule has 0 saturated heterocycles. The minimum atomic E-state index is -2.79. The molecule has 0 heterocycles. The zero-order valence-corrected chi connectivity index (χ0v) is 13.1. The molecule has 0 amide bonds. The van der Waals surface area contributed by atoms with Crippen molar-refractivity contribution in [2.45, 2.75) is 18.5 Å². The van der Waals surface area contributed by atoms with Crippen LogP contribution in [-0.2, 0) is 14.2 Å². The molecular weight excluding hydrogens is 333 g/mol. The average Bonchev–Trinajstić information content (AvgIpc) is 2.41. The van der Waals surface area contributed by atoms with Gasteiger partial charge < -0.3 is 15.5 Å². The molecule has 0 bridgehead atoms. The summed E-state index contributed by atoms with van der Waals surface area (Å²) in [6.45, 7) is -0.0807. The van der Waals surface area contributed by atoms with Gasteiger partial charge in [0.2, 0.25) is 5.66 Å². The molecule has 0 radical (unpaired) electrons. The number of hydrogen-bond donors (Lipinski definition) is 4. The highest BCUT2D eigenvalue weighted by Crippen LogP contribution is 2.32. The largest absolute Gasteiger partial charge is 0.511 e. The molecule has 0 fully saturated rings. The Balaban J connectivity index is 2.79. The van der Waals surface area contributed by atoms with E-state index >= 15 is 0 Å². The summed E-state index contributed by atoms with van der Waals surface area (Å²) in [7, 11) is -2.79. The predicted octanol–water partition coefficient (Wildman–Crippen LogP) is 2.42. The number of carboxylic acids is 2. The van der Waals surface area contributed by atoms with Crippen LogP contribution >= 0.6 is 19.6 Å². The lowest BCUT2D eigenvalue weighted by molar-refractivity contribution is -0.142. The van der Waals surface area contributed by atoms with Gasteiger partial charge in [-0.15, -0.1) is 0 Å². The number of rotatable bonds is 9. The fourth-order valence-corrected chi connectivity index (χ4v) is 2.98. The molecule has 0 aliphatic carbocycles. The third kappa shape index (κ3) is 5.97. The second-order valence-electron chi connectivity index (χ2n) is 4.64. The van der Waals surface area contributed by atoms with Gasteiger partial charge in [-0.2, -0.15) is 4.89 Å². The molecule has 4 N–H and O–H groups in total. The summed E-state index contributed by atoms with van der Waals surface area (Å²) in [5.41, 5.74) is -0.525. The average molecular weight is 349 g/mol. The Kier molecular flexibility index (Phi) is 7.24. The van der Waals surface area contributed by atoms with Crippen LogP contribution in [-0.4, -0.2) is 39.2 Å². The van der Waals surface area contributed by atoms with E-state index in [9.17, 15) is 19.0 Å². The first-order valence-electron chi connectivity index (χ1n) is 6.40. The van der Waals surface area contributed by atoms with E-state index in [1.165, 1.54) is 0 Å². The summed E-state index contributed by atoms with van der Waals surface area (Å²) in [5.74, 6) is -3.67. The molecule has 3 atom stereocenters. The molecule has 0 aromatic heterocycles. The normalized spacial score (nSPS) is 14.0. The minimum Gasteiger partial charge on any atom is -0.481 e. The van der Waals surface area contributed by atoms with Gasteiger partial charge in [0.05, 0.1) is 6.54 Å². The summed E-state index contributed by atoms with van der Waals surface area (Å²) in [5, 5.41) is 21.1. The number of nitrogens with one attached hydrogen (secondary N) is 1. The van der Waals surface area contributed by atoms with Gasteiger partial charge in [0.15, 0.2) is 0 Å². The van der Waals surface area contributed by atoms with Crippen LogP contribution in [0, 0.1) is 5.92 Å². The zero-order valence-electron chi connectivity index (χ0n) is 11.5. The highest BCUT2D eigenvalue weighted by Gasteiger charge is 2.42. The number of halogens is 1. The van der Waals surface area contributed by atoms with Crippen molar-refractivity contribution < 1.29 is 29.3 Å². The molecule has 22 heavy (non-hydrogen) atoms. The van der Waals surface area contributed by atoms with Crippen molar-refractivity contribution in [1.29, 1.82) is 0 Å². The van der Waals surface area contributed by atoms with Crippen LogP contribution in [0.25, 0.3) is 0 Å². The van der Waals surface area contributed by atoms with Crippen molar-refractivity contribution in [3.05, 3.63) is 29.3 Å². The third-order valence-electron chi connectivity index (χ3n) is 3.07. The van der Waals surface area contributed by atoms with E-state index in [4.69, 9.17) is 21.8 Å². The first kappa shape index (κ1) is 18.4. The number of carbonyl (C=O) groups is 2. The summed E-state index contributed by atoms with van der Waals surface area (Å²) in [6, 6.07) is 6.61. The standard InChI is InChI=1S/C13H15ClNO6P/c14-8-2-1-3-9(6-8)15-7-11(22(20)21)10(13(18)19)4-5-12(16)17/h1-3,6,10-11,15H,4-5,7H2,(H2-,16,17,18,19,20,21)/p+1. The van der Waals surface area contributed by atoms with E-state index in [0.29, 0.717) is 10.7 Å². The van der Waals surface area contributed by atoms with Crippen LogP contribution in [0.4, 0.5) is 5.69 Å². The van der Waals surface area contributed by atoms with E-state index in [-0.39, 0.29) is 19.4 Å². The fraction of sp³-hybridized carbons (Fsp3) is 0.385. The second kappa shape index (κ2) is 8.68. The van der Waals surface area contributed by atoms with Crippen LogP contribution in [0.1, 0.15) is 12.8 Å². The van der Waals surface area contributed by atoms with Crippen LogP contribution < -0.4 is 5.32 Å². The van der Waals surface area contributed by atoms with Crippen molar-refractivity contribution in [2.24, 2.45) is 5.92 Å². The summed E-state index contributed by atoms with van der Waals surface area (Å²) < 4.78 is 11.4. The molecule has 0 saturated carbocycles. The lowest BCUT2D eigenvalue weighted by atomic mass is 9.99. The molecule has 0 spiro atoms. The Morgan fingerprint density at radius 2 is 2.00 bits per heavy atom. The van der Waals surface area contributed by atoms with E-state index in [1.54, 1.807) is 24.3 Å². The van der Waals surface area contributed by atoms with Gasteiger partial charge >= 0.3 is 20.0 Å². The van der Waals surface area contributed by atoms with Gasteiger partial charge in [-0.3, -0.25) is 9.59 Å². The molecule has 1 aromatic rings. The lowest BCUT2D eigenvalue weighted by Crippen LogP contribution is -2.32. The van der Waals surface area contributed by atoms with Crippen molar-refractivity contribution >= 4 is 37.3 Å². The highest BCUT2D eigenvalue weighted by molar-refractivity contribution is 7.39. The number of hydrogen-bond acceptors (Lipinski definition) is 4. The maximum Gasteiger partial charge on any atom is 0.511 e. The van der Waals surface area contributed by atoms with Crippen LogP contribution in [0.5, 0.6) is 0 Å². The molecule has 0 aliphatic rings. The first-order valence-corrected chi connectivity index (χ1v) is 8.06. The molecule has 7 nitrogen and oxygen atoms in total. The van der Waals surface area contributed by atoms with Gasteiger partial charge in [0, 0.05) is 17.1 Å². The number of anilines is 1. The molecule has 120 valence electrons. The van der Waals surface area contributed by atoms with Crippen molar-refractivity contribution in [3.8, 4) is 0 Å². The number of benzene rings is 1. The Hall–Kier alpha value is -1.69.